The summed E-state index contributed by atoms with van der Waals surface area (Å²) in [6.07, 6.45) is 0.869. The van der Waals surface area contributed by atoms with Crippen molar-refractivity contribution in [2.45, 2.75) is 29.7 Å². The number of anilines is 1. The first-order valence-electron chi connectivity index (χ1n) is 9.05. The van der Waals surface area contributed by atoms with E-state index >= 15 is 0 Å². The van der Waals surface area contributed by atoms with Crippen LogP contribution < -0.4 is 9.64 Å². The molecular weight excluding hydrogens is 330 g/mol. The van der Waals surface area contributed by atoms with Crippen molar-refractivity contribution >= 4 is 11.7 Å². The number of methoxy groups -OCH3 is 1. The lowest BCUT2D eigenvalue weighted by molar-refractivity contribution is -0.148. The number of esters is 1. The first-order chi connectivity index (χ1) is 12.7. The van der Waals surface area contributed by atoms with Gasteiger partial charge in [-0.3, -0.25) is 4.79 Å². The molecule has 132 valence electrons. The Labute approximate surface area is 151 Å². The van der Waals surface area contributed by atoms with E-state index < -0.39 is 11.3 Å². The molecule has 3 fully saturated rings. The lowest BCUT2D eigenvalue weighted by Crippen LogP contribution is -2.47. The Balaban J connectivity index is 1.51. The van der Waals surface area contributed by atoms with Crippen LogP contribution in [0.3, 0.4) is 0 Å². The molecule has 0 amide bonds. The van der Waals surface area contributed by atoms with Crippen molar-refractivity contribution in [3.63, 3.8) is 0 Å². The second kappa shape index (κ2) is 4.60. The molecule has 3 saturated heterocycles. The van der Waals surface area contributed by atoms with Crippen LogP contribution in [0.1, 0.15) is 17.9 Å². The SMILES string of the molecule is COC(=O)C1C2c3ccccc3OCC23CC2N(c4ccccc4)C12O3. The Hall–Kier alpha value is -2.53. The minimum atomic E-state index is -0.611. The second-order valence-corrected chi connectivity index (χ2v) is 7.65. The van der Waals surface area contributed by atoms with Crippen molar-refractivity contribution in [3.05, 3.63) is 60.2 Å². The molecule has 5 atom stereocenters. The predicted octanol–water partition coefficient (Wildman–Crippen LogP) is 2.71. The monoisotopic (exact) mass is 349 g/mol. The molecule has 6 rings (SSSR count). The number of ether oxygens (including phenoxy) is 3. The summed E-state index contributed by atoms with van der Waals surface area (Å²) in [5.74, 6) is 0.270. The predicted molar refractivity (Wildman–Crippen MR) is 94.1 cm³/mol. The fraction of sp³-hybridized carbons (Fsp3) is 0.381. The highest BCUT2D eigenvalue weighted by molar-refractivity contribution is 5.82. The normalized spacial score (nSPS) is 38.0. The van der Waals surface area contributed by atoms with Gasteiger partial charge in [0.1, 0.15) is 23.9 Å². The Morgan fingerprint density at radius 2 is 1.92 bits per heavy atom. The van der Waals surface area contributed by atoms with Crippen LogP contribution in [0.2, 0.25) is 0 Å². The molecule has 0 aliphatic carbocycles. The number of hydrogen-bond donors (Lipinski definition) is 0. The van der Waals surface area contributed by atoms with Crippen molar-refractivity contribution < 1.29 is 19.0 Å². The van der Waals surface area contributed by atoms with Gasteiger partial charge in [0.15, 0.2) is 5.72 Å². The lowest BCUT2D eigenvalue weighted by atomic mass is 9.67. The zero-order valence-electron chi connectivity index (χ0n) is 14.4. The first-order valence-corrected chi connectivity index (χ1v) is 9.05. The average Bonchev–Trinajstić information content (AvgIpc) is 3.03. The van der Waals surface area contributed by atoms with Crippen LogP contribution in [0.25, 0.3) is 0 Å². The standard InChI is InChI=1S/C21H19NO4/c1-24-19(23)18-17-14-9-5-6-10-15(14)25-12-20(17)11-16-21(18,26-20)22(16)13-7-3-2-4-8-13/h2-10,16-18H,11-12H2,1H3. The van der Waals surface area contributed by atoms with Crippen molar-refractivity contribution in [2.24, 2.45) is 5.92 Å². The number of benzene rings is 2. The number of para-hydroxylation sites is 2. The van der Waals surface area contributed by atoms with E-state index in [1.165, 1.54) is 7.11 Å². The molecule has 4 heterocycles. The van der Waals surface area contributed by atoms with E-state index in [4.69, 9.17) is 14.2 Å². The van der Waals surface area contributed by atoms with Crippen LogP contribution in [-0.4, -0.2) is 37.1 Å². The third kappa shape index (κ3) is 1.50. The summed E-state index contributed by atoms with van der Waals surface area (Å²) in [4.78, 5) is 15.2. The van der Waals surface area contributed by atoms with Gasteiger partial charge in [-0.2, -0.15) is 0 Å². The Morgan fingerprint density at radius 1 is 1.15 bits per heavy atom. The van der Waals surface area contributed by atoms with Crippen molar-refractivity contribution in [1.82, 2.24) is 0 Å². The zero-order chi connectivity index (χ0) is 17.5. The minimum absolute atomic E-state index is 0.0372. The van der Waals surface area contributed by atoms with E-state index in [1.807, 2.05) is 36.4 Å². The molecule has 5 unspecified atom stereocenters. The summed E-state index contributed by atoms with van der Waals surface area (Å²) in [6, 6.07) is 18.4. The Kier molecular flexibility index (Phi) is 2.58. The maximum absolute atomic E-state index is 12.9. The quantitative estimate of drug-likeness (QED) is 0.616. The van der Waals surface area contributed by atoms with Crippen LogP contribution in [0.5, 0.6) is 5.75 Å². The summed E-state index contributed by atoms with van der Waals surface area (Å²) < 4.78 is 18.0. The average molecular weight is 349 g/mol. The largest absolute Gasteiger partial charge is 0.490 e. The molecule has 4 aliphatic heterocycles. The molecule has 0 aromatic heterocycles. The van der Waals surface area contributed by atoms with Gasteiger partial charge in [0, 0.05) is 23.6 Å². The third-order valence-corrected chi connectivity index (χ3v) is 6.56. The van der Waals surface area contributed by atoms with Crippen molar-refractivity contribution in [3.8, 4) is 5.75 Å². The molecule has 26 heavy (non-hydrogen) atoms. The fourth-order valence-electron chi connectivity index (χ4n) is 5.66. The molecule has 5 nitrogen and oxygen atoms in total. The van der Waals surface area contributed by atoms with E-state index in [2.05, 4.69) is 23.1 Å². The topological polar surface area (TPSA) is 47.8 Å². The highest BCUT2D eigenvalue weighted by Gasteiger charge is 2.87. The molecule has 2 spiro atoms. The van der Waals surface area contributed by atoms with Gasteiger partial charge in [-0.25, -0.2) is 0 Å². The number of carbonyl (C=O) groups is 1. The number of carbonyl (C=O) groups excluding carboxylic acids is 1. The van der Waals surface area contributed by atoms with Crippen molar-refractivity contribution in [1.29, 1.82) is 0 Å². The highest BCUT2D eigenvalue weighted by atomic mass is 16.6. The van der Waals surface area contributed by atoms with Crippen LogP contribution in [0.15, 0.2) is 54.6 Å². The molecule has 2 aromatic carbocycles. The number of nitrogens with zero attached hydrogens (tertiary/aromatic N) is 1. The van der Waals surface area contributed by atoms with Gasteiger partial charge < -0.3 is 19.1 Å². The van der Waals surface area contributed by atoms with Crippen LogP contribution >= 0.6 is 0 Å². The smallest absolute Gasteiger partial charge is 0.314 e. The van der Waals surface area contributed by atoms with E-state index in [0.717, 1.165) is 23.4 Å². The van der Waals surface area contributed by atoms with Gasteiger partial charge in [0.25, 0.3) is 0 Å². The van der Waals surface area contributed by atoms with Crippen LogP contribution in [0, 0.1) is 5.92 Å². The van der Waals surface area contributed by atoms with Crippen LogP contribution in [0.4, 0.5) is 5.69 Å². The summed E-state index contributed by atoms with van der Waals surface area (Å²) in [6.45, 7) is 0.489. The molecule has 0 saturated carbocycles. The lowest BCUT2D eigenvalue weighted by Gasteiger charge is -2.39. The number of fused-ring (bicyclic) bond motifs is 2. The third-order valence-electron chi connectivity index (χ3n) is 6.56. The maximum atomic E-state index is 12.9. The van der Waals surface area contributed by atoms with Gasteiger partial charge in [-0.05, 0) is 18.2 Å². The molecule has 2 aromatic rings. The summed E-state index contributed by atoms with van der Waals surface area (Å²) in [7, 11) is 1.47. The minimum Gasteiger partial charge on any atom is -0.490 e. The second-order valence-electron chi connectivity index (χ2n) is 7.65. The van der Waals surface area contributed by atoms with Crippen molar-refractivity contribution in [2.75, 3.05) is 18.6 Å². The van der Waals surface area contributed by atoms with Gasteiger partial charge in [-0.15, -0.1) is 0 Å². The Morgan fingerprint density at radius 3 is 2.73 bits per heavy atom. The highest BCUT2D eigenvalue weighted by Crippen LogP contribution is 2.74. The number of hydrogen-bond acceptors (Lipinski definition) is 5. The van der Waals surface area contributed by atoms with Crippen LogP contribution in [-0.2, 0) is 14.3 Å². The fourth-order valence-corrected chi connectivity index (χ4v) is 5.66. The first kappa shape index (κ1) is 14.6. The van der Waals surface area contributed by atoms with Gasteiger partial charge >= 0.3 is 5.97 Å². The van der Waals surface area contributed by atoms with Gasteiger partial charge in [-0.1, -0.05) is 36.4 Å². The van der Waals surface area contributed by atoms with E-state index in [-0.39, 0.29) is 23.8 Å². The molecule has 5 heteroatoms. The maximum Gasteiger partial charge on any atom is 0.314 e. The summed E-state index contributed by atoms with van der Waals surface area (Å²) in [5, 5.41) is 0. The molecule has 0 N–H and O–H groups in total. The van der Waals surface area contributed by atoms with E-state index in [0.29, 0.717) is 6.61 Å². The summed E-state index contributed by atoms with van der Waals surface area (Å²) in [5.41, 5.74) is 1.10. The Bertz CT molecular complexity index is 915. The summed E-state index contributed by atoms with van der Waals surface area (Å²) >= 11 is 0. The van der Waals surface area contributed by atoms with E-state index in [1.54, 1.807) is 0 Å². The van der Waals surface area contributed by atoms with Gasteiger partial charge in [0.05, 0.1) is 13.2 Å². The van der Waals surface area contributed by atoms with Gasteiger partial charge in [0.2, 0.25) is 0 Å². The molecule has 0 radical (unpaired) electrons. The zero-order valence-corrected chi connectivity index (χ0v) is 14.4. The molecular formula is C21H19NO4. The molecule has 4 aliphatic rings. The number of rotatable bonds is 2. The molecule has 2 bridgehead atoms. The van der Waals surface area contributed by atoms with E-state index in [9.17, 15) is 4.79 Å².